The average Bonchev–Trinajstić information content (AvgIpc) is 2.57. The first-order valence-corrected chi connectivity index (χ1v) is 7.27. The zero-order valence-electron chi connectivity index (χ0n) is 13.0. The van der Waals surface area contributed by atoms with Gasteiger partial charge in [0.15, 0.2) is 0 Å². The monoisotopic (exact) mass is 294 g/mol. The molecule has 1 aromatic carbocycles. The number of methoxy groups -OCH3 is 1. The van der Waals surface area contributed by atoms with Gasteiger partial charge in [-0.25, -0.2) is 4.98 Å². The van der Waals surface area contributed by atoms with Crippen LogP contribution >= 0.6 is 0 Å². The number of aryl methyl sites for hydroxylation is 1. The number of ether oxygens (including phenoxy) is 1. The SMILES string of the molecule is CCc1cc2cccc(-c3ccnc(OC)c3)c2c(=O)n1C. The summed E-state index contributed by atoms with van der Waals surface area (Å²) in [7, 11) is 3.41. The zero-order valence-corrected chi connectivity index (χ0v) is 13.0. The van der Waals surface area contributed by atoms with Crippen molar-refractivity contribution in [2.75, 3.05) is 7.11 Å². The van der Waals surface area contributed by atoms with E-state index in [2.05, 4.69) is 18.0 Å². The smallest absolute Gasteiger partial charge is 0.258 e. The fourth-order valence-electron chi connectivity index (χ4n) is 2.77. The molecule has 22 heavy (non-hydrogen) atoms. The van der Waals surface area contributed by atoms with Gasteiger partial charge in [0.1, 0.15) is 0 Å². The minimum Gasteiger partial charge on any atom is -0.481 e. The van der Waals surface area contributed by atoms with Crippen LogP contribution in [0.1, 0.15) is 12.6 Å². The molecule has 0 amide bonds. The van der Waals surface area contributed by atoms with E-state index < -0.39 is 0 Å². The predicted molar refractivity (Wildman–Crippen MR) is 88.4 cm³/mol. The Morgan fingerprint density at radius 3 is 2.77 bits per heavy atom. The quantitative estimate of drug-likeness (QED) is 0.745. The van der Waals surface area contributed by atoms with Crippen molar-refractivity contribution in [1.29, 1.82) is 0 Å². The van der Waals surface area contributed by atoms with Crippen LogP contribution in [0.2, 0.25) is 0 Å². The number of benzene rings is 1. The molecule has 0 aliphatic rings. The van der Waals surface area contributed by atoms with Crippen LogP contribution in [0.3, 0.4) is 0 Å². The summed E-state index contributed by atoms with van der Waals surface area (Å²) < 4.78 is 6.91. The maximum absolute atomic E-state index is 12.8. The van der Waals surface area contributed by atoms with Crippen molar-refractivity contribution in [2.45, 2.75) is 13.3 Å². The highest BCUT2D eigenvalue weighted by atomic mass is 16.5. The topological polar surface area (TPSA) is 44.1 Å². The Morgan fingerprint density at radius 2 is 2.05 bits per heavy atom. The highest BCUT2D eigenvalue weighted by Crippen LogP contribution is 2.28. The molecule has 0 saturated carbocycles. The summed E-state index contributed by atoms with van der Waals surface area (Å²) in [6, 6.07) is 11.7. The Balaban J connectivity index is 2.35. The standard InChI is InChI=1S/C18H18N2O2/c1-4-14-10-13-6-5-7-15(17(13)18(21)20(14)2)12-8-9-19-16(11-12)22-3/h5-11H,4H2,1-3H3. The predicted octanol–water partition coefficient (Wildman–Crippen LogP) is 3.17. The van der Waals surface area contributed by atoms with Gasteiger partial charge < -0.3 is 9.30 Å². The van der Waals surface area contributed by atoms with E-state index in [0.29, 0.717) is 5.88 Å². The lowest BCUT2D eigenvalue weighted by Gasteiger charge is -2.12. The number of hydrogen-bond acceptors (Lipinski definition) is 3. The van der Waals surface area contributed by atoms with Crippen LogP contribution in [0.5, 0.6) is 5.88 Å². The Hall–Kier alpha value is -2.62. The number of rotatable bonds is 3. The molecule has 2 aromatic heterocycles. The molecule has 0 radical (unpaired) electrons. The molecule has 0 unspecified atom stereocenters. The molecular weight excluding hydrogens is 276 g/mol. The van der Waals surface area contributed by atoms with Gasteiger partial charge in [0, 0.05) is 25.0 Å². The highest BCUT2D eigenvalue weighted by molar-refractivity contribution is 5.96. The van der Waals surface area contributed by atoms with E-state index in [-0.39, 0.29) is 5.56 Å². The third kappa shape index (κ3) is 2.26. The lowest BCUT2D eigenvalue weighted by molar-refractivity contribution is 0.398. The second-order valence-electron chi connectivity index (χ2n) is 5.21. The summed E-state index contributed by atoms with van der Waals surface area (Å²) in [6.45, 7) is 2.05. The molecule has 0 fully saturated rings. The fourth-order valence-corrected chi connectivity index (χ4v) is 2.77. The van der Waals surface area contributed by atoms with Crippen molar-refractivity contribution >= 4 is 10.8 Å². The zero-order chi connectivity index (χ0) is 15.7. The summed E-state index contributed by atoms with van der Waals surface area (Å²) in [5.41, 5.74) is 2.89. The van der Waals surface area contributed by atoms with Gasteiger partial charge in [-0.3, -0.25) is 4.79 Å². The van der Waals surface area contributed by atoms with Crippen molar-refractivity contribution in [3.63, 3.8) is 0 Å². The molecule has 0 N–H and O–H groups in total. The summed E-state index contributed by atoms with van der Waals surface area (Å²) >= 11 is 0. The summed E-state index contributed by atoms with van der Waals surface area (Å²) in [5.74, 6) is 0.538. The fraction of sp³-hybridized carbons (Fsp3) is 0.222. The lowest BCUT2D eigenvalue weighted by atomic mass is 9.99. The Kier molecular flexibility index (Phi) is 3.67. The number of nitrogens with zero attached hydrogens (tertiary/aromatic N) is 2. The lowest BCUT2D eigenvalue weighted by Crippen LogP contribution is -2.20. The molecule has 0 bridgehead atoms. The Morgan fingerprint density at radius 1 is 1.23 bits per heavy atom. The van der Waals surface area contributed by atoms with Crippen LogP contribution in [0.25, 0.3) is 21.9 Å². The minimum absolute atomic E-state index is 0.0285. The molecule has 112 valence electrons. The van der Waals surface area contributed by atoms with Crippen LogP contribution in [-0.4, -0.2) is 16.7 Å². The maximum atomic E-state index is 12.8. The van der Waals surface area contributed by atoms with E-state index in [1.54, 1.807) is 17.9 Å². The van der Waals surface area contributed by atoms with Crippen molar-refractivity contribution < 1.29 is 4.74 Å². The van der Waals surface area contributed by atoms with E-state index in [1.807, 2.05) is 37.4 Å². The Labute approximate surface area is 129 Å². The van der Waals surface area contributed by atoms with Gasteiger partial charge in [-0.15, -0.1) is 0 Å². The van der Waals surface area contributed by atoms with Crippen molar-refractivity contribution in [1.82, 2.24) is 9.55 Å². The molecule has 2 heterocycles. The molecule has 3 rings (SSSR count). The molecule has 3 aromatic rings. The number of hydrogen-bond donors (Lipinski definition) is 0. The van der Waals surface area contributed by atoms with Gasteiger partial charge in [0.2, 0.25) is 5.88 Å². The van der Waals surface area contributed by atoms with Gasteiger partial charge in [-0.05, 0) is 35.1 Å². The van der Waals surface area contributed by atoms with Gasteiger partial charge in [0.05, 0.1) is 12.5 Å². The van der Waals surface area contributed by atoms with Gasteiger partial charge in [-0.2, -0.15) is 0 Å². The van der Waals surface area contributed by atoms with Crippen LogP contribution in [0.15, 0.2) is 47.4 Å². The summed E-state index contributed by atoms with van der Waals surface area (Å²) in [4.78, 5) is 16.9. The second kappa shape index (κ2) is 5.64. The largest absolute Gasteiger partial charge is 0.481 e. The molecule has 0 atom stereocenters. The van der Waals surface area contributed by atoms with Crippen LogP contribution in [-0.2, 0) is 13.5 Å². The van der Waals surface area contributed by atoms with Gasteiger partial charge >= 0.3 is 0 Å². The van der Waals surface area contributed by atoms with Crippen molar-refractivity contribution in [2.24, 2.45) is 7.05 Å². The number of pyridine rings is 2. The number of fused-ring (bicyclic) bond motifs is 1. The first-order chi connectivity index (χ1) is 10.7. The molecule has 0 saturated heterocycles. The average molecular weight is 294 g/mol. The van der Waals surface area contributed by atoms with Gasteiger partial charge in [0.25, 0.3) is 5.56 Å². The van der Waals surface area contributed by atoms with Gasteiger partial charge in [-0.1, -0.05) is 25.1 Å². The van der Waals surface area contributed by atoms with E-state index in [9.17, 15) is 4.79 Å². The third-order valence-corrected chi connectivity index (χ3v) is 3.99. The van der Waals surface area contributed by atoms with Crippen LogP contribution in [0.4, 0.5) is 0 Å². The molecular formula is C18H18N2O2. The summed E-state index contributed by atoms with van der Waals surface area (Å²) in [5, 5.41) is 1.70. The second-order valence-corrected chi connectivity index (χ2v) is 5.21. The number of aromatic nitrogens is 2. The van der Waals surface area contributed by atoms with Crippen LogP contribution < -0.4 is 10.3 Å². The normalized spacial score (nSPS) is 10.9. The first-order valence-electron chi connectivity index (χ1n) is 7.27. The maximum Gasteiger partial charge on any atom is 0.258 e. The van der Waals surface area contributed by atoms with E-state index in [0.717, 1.165) is 34.0 Å². The molecule has 0 spiro atoms. The van der Waals surface area contributed by atoms with Crippen LogP contribution in [0, 0.1) is 0 Å². The first kappa shape index (κ1) is 14.3. The van der Waals surface area contributed by atoms with E-state index in [1.165, 1.54) is 0 Å². The Bertz CT molecular complexity index is 897. The summed E-state index contributed by atoms with van der Waals surface area (Å²) in [6.07, 6.45) is 2.52. The van der Waals surface area contributed by atoms with Crippen molar-refractivity contribution in [3.05, 3.63) is 58.6 Å². The molecule has 0 aliphatic heterocycles. The highest BCUT2D eigenvalue weighted by Gasteiger charge is 2.11. The molecule has 4 heteroatoms. The molecule has 4 nitrogen and oxygen atoms in total. The van der Waals surface area contributed by atoms with E-state index >= 15 is 0 Å². The minimum atomic E-state index is 0.0285. The van der Waals surface area contributed by atoms with Crippen molar-refractivity contribution in [3.8, 4) is 17.0 Å². The third-order valence-electron chi connectivity index (χ3n) is 3.99. The van der Waals surface area contributed by atoms with E-state index in [4.69, 9.17) is 4.74 Å². The molecule has 0 aliphatic carbocycles.